The lowest BCUT2D eigenvalue weighted by Gasteiger charge is -2.40. The summed E-state index contributed by atoms with van der Waals surface area (Å²) in [6, 6.07) is 8.25. The Morgan fingerprint density at radius 3 is 2.60 bits per heavy atom. The highest BCUT2D eigenvalue weighted by Crippen LogP contribution is 2.32. The summed E-state index contributed by atoms with van der Waals surface area (Å²) in [5.41, 5.74) is 2.26. The van der Waals surface area contributed by atoms with Gasteiger partial charge in [0.15, 0.2) is 0 Å². The molecule has 2 amide bonds. The summed E-state index contributed by atoms with van der Waals surface area (Å²) in [5, 5.41) is 0. The van der Waals surface area contributed by atoms with E-state index in [0.29, 0.717) is 18.9 Å². The first-order valence-electron chi connectivity index (χ1n) is 11.5. The zero-order valence-corrected chi connectivity index (χ0v) is 18.2. The summed E-state index contributed by atoms with van der Waals surface area (Å²) in [6.07, 6.45) is 4.46. The summed E-state index contributed by atoms with van der Waals surface area (Å²) in [7, 11) is 0. The normalized spacial score (nSPS) is 22.7. The van der Waals surface area contributed by atoms with Crippen LogP contribution in [0.2, 0.25) is 0 Å². The van der Waals surface area contributed by atoms with Crippen molar-refractivity contribution in [3.63, 3.8) is 0 Å². The van der Waals surface area contributed by atoms with Gasteiger partial charge >= 0.3 is 0 Å². The number of ether oxygens (including phenoxy) is 1. The maximum atomic E-state index is 13.1. The van der Waals surface area contributed by atoms with E-state index in [-0.39, 0.29) is 17.9 Å². The Labute approximate surface area is 180 Å². The van der Waals surface area contributed by atoms with Crippen LogP contribution in [0.4, 0.5) is 0 Å². The molecule has 164 valence electrons. The molecule has 0 bridgehead atoms. The molecule has 1 aromatic carbocycles. The zero-order chi connectivity index (χ0) is 20.9. The molecule has 1 aliphatic carbocycles. The smallest absolute Gasteiger partial charge is 0.227 e. The molecule has 3 fully saturated rings. The summed E-state index contributed by atoms with van der Waals surface area (Å²) < 4.78 is 5.45. The predicted molar refractivity (Wildman–Crippen MR) is 116 cm³/mol. The minimum absolute atomic E-state index is 0.147. The van der Waals surface area contributed by atoms with Crippen molar-refractivity contribution in [2.45, 2.75) is 45.1 Å². The fourth-order valence-electron chi connectivity index (χ4n) is 4.63. The van der Waals surface area contributed by atoms with Crippen LogP contribution in [0.25, 0.3) is 0 Å². The molecule has 2 saturated heterocycles. The summed E-state index contributed by atoms with van der Waals surface area (Å²) in [5.74, 6) is 0.704. The number of morpholine rings is 1. The highest BCUT2D eigenvalue weighted by Gasteiger charge is 2.38. The lowest BCUT2D eigenvalue weighted by Crippen LogP contribution is -2.54. The van der Waals surface area contributed by atoms with Crippen LogP contribution in [0, 0.1) is 12.8 Å². The van der Waals surface area contributed by atoms with E-state index in [1.807, 2.05) is 23.1 Å². The molecule has 30 heavy (non-hydrogen) atoms. The Morgan fingerprint density at radius 2 is 1.87 bits per heavy atom. The van der Waals surface area contributed by atoms with Crippen molar-refractivity contribution < 1.29 is 14.3 Å². The van der Waals surface area contributed by atoms with Gasteiger partial charge in [0.1, 0.15) is 0 Å². The van der Waals surface area contributed by atoms with Gasteiger partial charge in [-0.15, -0.1) is 0 Å². The third kappa shape index (κ3) is 5.41. The van der Waals surface area contributed by atoms with E-state index in [0.717, 1.165) is 82.7 Å². The Bertz CT molecular complexity index is 743. The SMILES string of the molecule is Cc1ccccc1CC(=O)N1CCCC(N(CCN2CCOCC2)C(=O)C2CC2)C1. The van der Waals surface area contributed by atoms with Gasteiger partial charge in [-0.2, -0.15) is 0 Å². The number of likely N-dealkylation sites (tertiary alicyclic amines) is 1. The molecule has 1 atom stereocenters. The summed E-state index contributed by atoms with van der Waals surface area (Å²) >= 11 is 0. The molecule has 6 nitrogen and oxygen atoms in total. The fraction of sp³-hybridized carbons (Fsp3) is 0.667. The van der Waals surface area contributed by atoms with Crippen molar-refractivity contribution in [3.8, 4) is 0 Å². The lowest BCUT2D eigenvalue weighted by molar-refractivity contribution is -0.140. The number of carbonyl (C=O) groups is 2. The number of amides is 2. The molecule has 0 radical (unpaired) electrons. The Balaban J connectivity index is 1.38. The van der Waals surface area contributed by atoms with E-state index < -0.39 is 0 Å². The Morgan fingerprint density at radius 1 is 1.10 bits per heavy atom. The van der Waals surface area contributed by atoms with Crippen LogP contribution in [0.1, 0.15) is 36.8 Å². The molecule has 1 unspecified atom stereocenters. The van der Waals surface area contributed by atoms with Gasteiger partial charge in [-0.25, -0.2) is 0 Å². The van der Waals surface area contributed by atoms with E-state index in [1.54, 1.807) is 0 Å². The monoisotopic (exact) mass is 413 g/mol. The van der Waals surface area contributed by atoms with Gasteiger partial charge in [-0.1, -0.05) is 24.3 Å². The molecule has 2 aliphatic heterocycles. The summed E-state index contributed by atoms with van der Waals surface area (Å²) in [4.78, 5) is 32.6. The van der Waals surface area contributed by atoms with Crippen molar-refractivity contribution in [2.75, 3.05) is 52.5 Å². The lowest BCUT2D eigenvalue weighted by atomic mass is 10.0. The van der Waals surface area contributed by atoms with Crippen LogP contribution >= 0.6 is 0 Å². The molecule has 6 heteroatoms. The molecule has 1 saturated carbocycles. The molecule has 2 heterocycles. The van der Waals surface area contributed by atoms with Crippen LogP contribution < -0.4 is 0 Å². The van der Waals surface area contributed by atoms with Crippen LogP contribution in [0.15, 0.2) is 24.3 Å². The number of piperidine rings is 1. The average molecular weight is 414 g/mol. The van der Waals surface area contributed by atoms with Crippen molar-refractivity contribution in [3.05, 3.63) is 35.4 Å². The minimum Gasteiger partial charge on any atom is -0.379 e. The van der Waals surface area contributed by atoms with Crippen molar-refractivity contribution in [2.24, 2.45) is 5.92 Å². The number of aryl methyl sites for hydroxylation is 1. The standard InChI is InChI=1S/C24H35N3O3/c1-19-5-2-3-6-21(19)17-23(28)26-10-4-7-22(18-26)27(24(29)20-8-9-20)12-11-25-13-15-30-16-14-25/h2-3,5-6,20,22H,4,7-18H2,1H3. The van der Waals surface area contributed by atoms with Crippen LogP contribution in [-0.4, -0.2) is 85.0 Å². The minimum atomic E-state index is 0.147. The number of hydrogen-bond donors (Lipinski definition) is 0. The molecule has 0 spiro atoms. The van der Waals surface area contributed by atoms with Crippen molar-refractivity contribution in [1.29, 1.82) is 0 Å². The second-order valence-electron chi connectivity index (χ2n) is 9.00. The highest BCUT2D eigenvalue weighted by atomic mass is 16.5. The number of nitrogens with zero attached hydrogens (tertiary/aromatic N) is 3. The van der Waals surface area contributed by atoms with Gasteiger partial charge < -0.3 is 14.5 Å². The number of rotatable bonds is 7. The van der Waals surface area contributed by atoms with Crippen LogP contribution in [0.3, 0.4) is 0 Å². The predicted octanol–water partition coefficient (Wildman–Crippen LogP) is 2.10. The first kappa shape index (κ1) is 21.3. The highest BCUT2D eigenvalue weighted by molar-refractivity contribution is 5.82. The molecule has 0 aromatic heterocycles. The maximum absolute atomic E-state index is 13.1. The molecule has 4 rings (SSSR count). The second kappa shape index (κ2) is 9.92. The fourth-order valence-corrected chi connectivity index (χ4v) is 4.63. The van der Waals surface area contributed by atoms with Gasteiger partial charge in [-0.05, 0) is 43.7 Å². The molecular formula is C24H35N3O3. The first-order chi connectivity index (χ1) is 14.6. The van der Waals surface area contributed by atoms with Gasteiger partial charge in [-0.3, -0.25) is 14.5 Å². The van der Waals surface area contributed by atoms with Crippen LogP contribution in [-0.2, 0) is 20.7 Å². The number of benzene rings is 1. The summed E-state index contributed by atoms with van der Waals surface area (Å²) in [6.45, 7) is 8.64. The molecule has 3 aliphatic rings. The van der Waals surface area contributed by atoms with Gasteiger partial charge in [0, 0.05) is 51.2 Å². The molecular weight excluding hydrogens is 378 g/mol. The second-order valence-corrected chi connectivity index (χ2v) is 9.00. The van der Waals surface area contributed by atoms with Crippen molar-refractivity contribution >= 4 is 11.8 Å². The molecule has 1 aromatic rings. The maximum Gasteiger partial charge on any atom is 0.227 e. The van der Waals surface area contributed by atoms with Crippen molar-refractivity contribution in [1.82, 2.24) is 14.7 Å². The van der Waals surface area contributed by atoms with E-state index in [2.05, 4.69) is 22.8 Å². The quantitative estimate of drug-likeness (QED) is 0.687. The van der Waals surface area contributed by atoms with E-state index >= 15 is 0 Å². The van der Waals surface area contributed by atoms with E-state index in [4.69, 9.17) is 4.74 Å². The number of hydrogen-bond acceptors (Lipinski definition) is 4. The average Bonchev–Trinajstić information content (AvgIpc) is 3.62. The van der Waals surface area contributed by atoms with Gasteiger partial charge in [0.25, 0.3) is 0 Å². The Hall–Kier alpha value is -1.92. The zero-order valence-electron chi connectivity index (χ0n) is 18.2. The topological polar surface area (TPSA) is 53.1 Å². The largest absolute Gasteiger partial charge is 0.379 e. The van der Waals surface area contributed by atoms with E-state index in [1.165, 1.54) is 0 Å². The third-order valence-corrected chi connectivity index (χ3v) is 6.76. The number of carbonyl (C=O) groups excluding carboxylic acids is 2. The van der Waals surface area contributed by atoms with Gasteiger partial charge in [0.05, 0.1) is 19.6 Å². The van der Waals surface area contributed by atoms with E-state index in [9.17, 15) is 9.59 Å². The molecule has 0 N–H and O–H groups in total. The van der Waals surface area contributed by atoms with Crippen LogP contribution in [0.5, 0.6) is 0 Å². The Kier molecular flexibility index (Phi) is 7.05. The first-order valence-corrected chi connectivity index (χ1v) is 11.5. The third-order valence-electron chi connectivity index (χ3n) is 6.76. The van der Waals surface area contributed by atoms with Gasteiger partial charge in [0.2, 0.25) is 11.8 Å².